The Labute approximate surface area is 154 Å². The smallest absolute Gasteiger partial charge is 0.244 e. The fourth-order valence-corrected chi connectivity index (χ4v) is 3.72. The number of hydrogen-bond acceptors (Lipinski definition) is 3. The maximum atomic E-state index is 13.6. The molecule has 26 heavy (non-hydrogen) atoms. The van der Waals surface area contributed by atoms with E-state index in [0.29, 0.717) is 11.5 Å². The molecule has 1 atom stereocenters. The monoisotopic (exact) mass is 358 g/mol. The summed E-state index contributed by atoms with van der Waals surface area (Å²) in [6, 6.07) is 5.90. The molecule has 1 aromatic carbocycles. The predicted octanol–water partition coefficient (Wildman–Crippen LogP) is 2.87. The molecule has 1 saturated heterocycles. The van der Waals surface area contributed by atoms with E-state index in [1.54, 1.807) is 6.07 Å². The highest BCUT2D eigenvalue weighted by molar-refractivity contribution is 5.83. The highest BCUT2D eigenvalue weighted by Crippen LogP contribution is 2.26. The number of nitrogens with zero attached hydrogens (tertiary/aromatic N) is 4. The number of piperidine rings is 1. The molecule has 1 aromatic heterocycles. The van der Waals surface area contributed by atoms with E-state index >= 15 is 0 Å². The van der Waals surface area contributed by atoms with Crippen LogP contribution in [-0.2, 0) is 11.3 Å². The molecule has 1 aliphatic rings. The van der Waals surface area contributed by atoms with Crippen LogP contribution in [0.15, 0.2) is 36.7 Å². The number of hydrogen-bond donors (Lipinski definition) is 0. The van der Waals surface area contributed by atoms with E-state index in [-0.39, 0.29) is 11.7 Å². The van der Waals surface area contributed by atoms with Gasteiger partial charge in [0.05, 0.1) is 0 Å². The van der Waals surface area contributed by atoms with Crippen LogP contribution >= 0.6 is 0 Å². The summed E-state index contributed by atoms with van der Waals surface area (Å²) in [5.41, 5.74) is 0.705. The fraction of sp³-hybridized carbons (Fsp3) is 0.500. The molecule has 0 unspecified atom stereocenters. The average Bonchev–Trinajstić information content (AvgIpc) is 3.00. The summed E-state index contributed by atoms with van der Waals surface area (Å²) in [7, 11) is 3.73. The summed E-state index contributed by atoms with van der Waals surface area (Å²) in [4.78, 5) is 21.1. The Bertz CT molecular complexity index is 750. The minimum absolute atomic E-state index is 0.0536. The minimum Gasteiger partial charge on any atom is -0.341 e. The molecule has 2 heterocycles. The molecule has 2 aromatic rings. The molecule has 1 aliphatic heterocycles. The number of carbonyl (C=O) groups is 1. The number of benzene rings is 1. The molecule has 6 heteroatoms. The predicted molar refractivity (Wildman–Crippen MR) is 99.1 cm³/mol. The Morgan fingerprint density at radius 3 is 2.65 bits per heavy atom. The van der Waals surface area contributed by atoms with Gasteiger partial charge in [0.25, 0.3) is 0 Å². The third-order valence-electron chi connectivity index (χ3n) is 5.22. The summed E-state index contributed by atoms with van der Waals surface area (Å²) in [6.07, 6.45) is 5.80. The first-order valence-corrected chi connectivity index (χ1v) is 9.14. The normalized spacial score (nSPS) is 16.9. The lowest BCUT2D eigenvalue weighted by Crippen LogP contribution is -2.45. The van der Waals surface area contributed by atoms with Crippen LogP contribution in [-0.4, -0.2) is 52.4 Å². The van der Waals surface area contributed by atoms with Gasteiger partial charge in [-0.3, -0.25) is 9.69 Å². The maximum Gasteiger partial charge on any atom is 0.244 e. The molecular weight excluding hydrogens is 331 g/mol. The van der Waals surface area contributed by atoms with Crippen LogP contribution in [0.25, 0.3) is 0 Å². The van der Waals surface area contributed by atoms with Gasteiger partial charge < -0.3 is 9.47 Å². The molecular formula is C20H27FN4O. The van der Waals surface area contributed by atoms with Crippen LogP contribution in [0.1, 0.15) is 30.3 Å². The lowest BCUT2D eigenvalue weighted by atomic mass is 9.95. The molecule has 0 aliphatic carbocycles. The van der Waals surface area contributed by atoms with Crippen molar-refractivity contribution in [2.75, 3.05) is 27.2 Å². The van der Waals surface area contributed by atoms with Crippen molar-refractivity contribution in [2.24, 2.45) is 5.92 Å². The van der Waals surface area contributed by atoms with Gasteiger partial charge in [0.1, 0.15) is 17.7 Å². The number of likely N-dealkylation sites (N-methyl/N-ethyl adjacent to an activating group) is 1. The Hall–Kier alpha value is -2.21. The van der Waals surface area contributed by atoms with Crippen LogP contribution in [0.5, 0.6) is 0 Å². The topological polar surface area (TPSA) is 41.4 Å². The van der Waals surface area contributed by atoms with Gasteiger partial charge in [-0.15, -0.1) is 0 Å². The molecule has 0 saturated carbocycles. The van der Waals surface area contributed by atoms with Crippen molar-refractivity contribution in [1.29, 1.82) is 0 Å². The van der Waals surface area contributed by atoms with Crippen LogP contribution in [0.3, 0.4) is 0 Å². The summed E-state index contributed by atoms with van der Waals surface area (Å²) in [5.74, 6) is 1.33. The third-order valence-corrected chi connectivity index (χ3v) is 5.22. The quantitative estimate of drug-likeness (QED) is 0.825. The number of imidazole rings is 1. The van der Waals surface area contributed by atoms with Crippen molar-refractivity contribution in [1.82, 2.24) is 19.4 Å². The first kappa shape index (κ1) is 18.6. The van der Waals surface area contributed by atoms with Gasteiger partial charge >= 0.3 is 0 Å². The van der Waals surface area contributed by atoms with Crippen molar-refractivity contribution in [3.63, 3.8) is 0 Å². The van der Waals surface area contributed by atoms with E-state index in [0.717, 1.165) is 38.3 Å². The number of likely N-dealkylation sites (tertiary alicyclic amines) is 1. The van der Waals surface area contributed by atoms with Gasteiger partial charge in [0.15, 0.2) is 0 Å². The molecule has 3 rings (SSSR count). The van der Waals surface area contributed by atoms with Gasteiger partial charge in [-0.2, -0.15) is 0 Å². The Balaban J connectivity index is 1.63. The first-order valence-electron chi connectivity index (χ1n) is 9.14. The molecule has 0 bridgehead atoms. The van der Waals surface area contributed by atoms with Crippen molar-refractivity contribution >= 4 is 5.91 Å². The zero-order chi connectivity index (χ0) is 18.7. The fourth-order valence-electron chi connectivity index (χ4n) is 3.72. The SMILES string of the molecule is Cc1nccn1CC1CCN(C(=O)[C@@H](c2cccc(F)c2)N(C)C)CC1. The second-order valence-electron chi connectivity index (χ2n) is 7.32. The first-order chi connectivity index (χ1) is 12.5. The Morgan fingerprint density at radius 1 is 1.35 bits per heavy atom. The van der Waals surface area contributed by atoms with E-state index in [1.807, 2.05) is 49.3 Å². The lowest BCUT2D eigenvalue weighted by Gasteiger charge is -2.36. The molecule has 1 amide bonds. The zero-order valence-corrected chi connectivity index (χ0v) is 15.7. The van der Waals surface area contributed by atoms with Gasteiger partial charge in [-0.05, 0) is 57.5 Å². The van der Waals surface area contributed by atoms with Gasteiger partial charge in [0, 0.05) is 32.0 Å². The van der Waals surface area contributed by atoms with E-state index in [2.05, 4.69) is 9.55 Å². The largest absolute Gasteiger partial charge is 0.341 e. The molecule has 5 nitrogen and oxygen atoms in total. The van der Waals surface area contributed by atoms with Crippen LogP contribution in [0.4, 0.5) is 4.39 Å². The summed E-state index contributed by atoms with van der Waals surface area (Å²) >= 11 is 0. The van der Waals surface area contributed by atoms with Crippen molar-refractivity contribution < 1.29 is 9.18 Å². The van der Waals surface area contributed by atoms with E-state index < -0.39 is 6.04 Å². The van der Waals surface area contributed by atoms with Crippen LogP contribution in [0.2, 0.25) is 0 Å². The van der Waals surface area contributed by atoms with Gasteiger partial charge in [-0.1, -0.05) is 12.1 Å². The lowest BCUT2D eigenvalue weighted by molar-refractivity contribution is -0.137. The maximum absolute atomic E-state index is 13.6. The summed E-state index contributed by atoms with van der Waals surface area (Å²) in [6.45, 7) is 4.46. The number of carbonyl (C=O) groups excluding carboxylic acids is 1. The van der Waals surface area contributed by atoms with Crippen molar-refractivity contribution in [3.8, 4) is 0 Å². The molecule has 0 radical (unpaired) electrons. The minimum atomic E-state index is -0.446. The highest BCUT2D eigenvalue weighted by atomic mass is 19.1. The number of halogens is 1. The average molecular weight is 358 g/mol. The van der Waals surface area contributed by atoms with Crippen LogP contribution < -0.4 is 0 Å². The number of aryl methyl sites for hydroxylation is 1. The Kier molecular flexibility index (Phi) is 5.71. The summed E-state index contributed by atoms with van der Waals surface area (Å²) in [5, 5.41) is 0. The third kappa shape index (κ3) is 4.12. The molecule has 0 spiro atoms. The number of amides is 1. The standard InChI is InChI=1S/C20H27FN4O/c1-15-22-9-12-25(15)14-16-7-10-24(11-8-16)20(26)19(23(2)3)17-5-4-6-18(21)13-17/h4-6,9,12-13,16,19H,7-8,10-11,14H2,1-3H3/t19-/m1/s1. The van der Waals surface area contributed by atoms with E-state index in [1.165, 1.54) is 12.1 Å². The second kappa shape index (κ2) is 7.99. The Morgan fingerprint density at radius 2 is 2.08 bits per heavy atom. The van der Waals surface area contributed by atoms with Crippen molar-refractivity contribution in [2.45, 2.75) is 32.4 Å². The molecule has 140 valence electrons. The molecule has 0 N–H and O–H groups in total. The zero-order valence-electron chi connectivity index (χ0n) is 15.7. The summed E-state index contributed by atoms with van der Waals surface area (Å²) < 4.78 is 15.8. The number of aromatic nitrogens is 2. The van der Waals surface area contributed by atoms with Crippen molar-refractivity contribution in [3.05, 3.63) is 53.9 Å². The molecule has 1 fully saturated rings. The highest BCUT2D eigenvalue weighted by Gasteiger charge is 2.31. The van der Waals surface area contributed by atoms with Crippen LogP contribution in [0, 0.1) is 18.7 Å². The van der Waals surface area contributed by atoms with E-state index in [4.69, 9.17) is 0 Å². The number of rotatable bonds is 5. The second-order valence-corrected chi connectivity index (χ2v) is 7.32. The van der Waals surface area contributed by atoms with Gasteiger partial charge in [-0.25, -0.2) is 9.37 Å². The van der Waals surface area contributed by atoms with Gasteiger partial charge in [0.2, 0.25) is 5.91 Å². The van der Waals surface area contributed by atoms with E-state index in [9.17, 15) is 9.18 Å².